The number of rotatable bonds is 7. The third kappa shape index (κ3) is 6.30. The molecule has 112 valence electrons. The number of thioether (sulfide) groups is 1. The van der Waals surface area contributed by atoms with Crippen molar-refractivity contribution in [1.29, 1.82) is 0 Å². The monoisotopic (exact) mass is 296 g/mol. The van der Waals surface area contributed by atoms with E-state index >= 15 is 0 Å². The Balaban J connectivity index is 2.17. The zero-order valence-corrected chi connectivity index (χ0v) is 13.2. The third-order valence-corrected chi connectivity index (χ3v) is 4.19. The molecule has 2 amide bonds. The zero-order chi connectivity index (χ0) is 15.0. The molecule has 4 nitrogen and oxygen atoms in total. The van der Waals surface area contributed by atoms with Crippen LogP contribution in [-0.2, 0) is 0 Å². The molecule has 0 radical (unpaired) electrons. The van der Waals surface area contributed by atoms with E-state index in [1.165, 1.54) is 10.5 Å². The lowest BCUT2D eigenvalue weighted by molar-refractivity contribution is 0.200. The topological polar surface area (TPSA) is 61.4 Å². The van der Waals surface area contributed by atoms with E-state index in [4.69, 9.17) is 5.11 Å². The van der Waals surface area contributed by atoms with E-state index in [9.17, 15) is 4.79 Å². The number of nitrogens with one attached hydrogen (secondary N) is 2. The number of amides is 2. The van der Waals surface area contributed by atoms with Crippen molar-refractivity contribution in [2.45, 2.75) is 31.7 Å². The smallest absolute Gasteiger partial charge is 0.315 e. The van der Waals surface area contributed by atoms with Gasteiger partial charge in [0.2, 0.25) is 0 Å². The van der Waals surface area contributed by atoms with Gasteiger partial charge in [-0.2, -0.15) is 0 Å². The number of hydrogen-bond acceptors (Lipinski definition) is 3. The molecule has 2 unspecified atom stereocenters. The number of aliphatic hydroxyl groups excluding tert-OH is 1. The number of benzene rings is 1. The first-order chi connectivity index (χ1) is 9.52. The molecule has 0 aromatic heterocycles. The molecule has 0 saturated heterocycles. The maximum Gasteiger partial charge on any atom is 0.315 e. The normalized spacial score (nSPS) is 13.6. The molecule has 5 heteroatoms. The first-order valence-corrected chi connectivity index (χ1v) is 7.86. The van der Waals surface area contributed by atoms with E-state index in [1.54, 1.807) is 11.8 Å². The second-order valence-corrected chi connectivity index (χ2v) is 6.18. The quantitative estimate of drug-likeness (QED) is 0.535. The van der Waals surface area contributed by atoms with Gasteiger partial charge in [-0.15, -0.1) is 11.8 Å². The number of hydrogen-bond donors (Lipinski definition) is 3. The molecule has 20 heavy (non-hydrogen) atoms. The maximum atomic E-state index is 11.6. The molecule has 0 aliphatic heterocycles. The molecule has 0 bridgehead atoms. The second-order valence-electron chi connectivity index (χ2n) is 5.01. The summed E-state index contributed by atoms with van der Waals surface area (Å²) in [6.07, 6.45) is 0. The van der Waals surface area contributed by atoms with E-state index in [0.29, 0.717) is 6.54 Å². The van der Waals surface area contributed by atoms with Gasteiger partial charge in [0.15, 0.2) is 0 Å². The fourth-order valence-electron chi connectivity index (χ4n) is 1.53. The van der Waals surface area contributed by atoms with Gasteiger partial charge in [0.25, 0.3) is 0 Å². The van der Waals surface area contributed by atoms with E-state index < -0.39 is 0 Å². The standard InChI is InChI=1S/C15H24N2O2S/c1-11-4-6-14(7-5-11)20-9-8-16-15(19)17-13(3)12(2)10-18/h4-7,12-13,18H,8-10H2,1-3H3,(H2,16,17,19). The van der Waals surface area contributed by atoms with Crippen LogP contribution in [0.3, 0.4) is 0 Å². The highest BCUT2D eigenvalue weighted by molar-refractivity contribution is 7.99. The van der Waals surface area contributed by atoms with Gasteiger partial charge in [0, 0.05) is 29.8 Å². The predicted molar refractivity (Wildman–Crippen MR) is 84.1 cm³/mol. The molecule has 2 atom stereocenters. The molecule has 0 aliphatic rings. The lowest BCUT2D eigenvalue weighted by atomic mass is 10.1. The number of carbonyl (C=O) groups excluding carboxylic acids is 1. The lowest BCUT2D eigenvalue weighted by Crippen LogP contribution is -2.44. The van der Waals surface area contributed by atoms with Gasteiger partial charge in [-0.05, 0) is 31.9 Å². The van der Waals surface area contributed by atoms with Gasteiger partial charge < -0.3 is 15.7 Å². The van der Waals surface area contributed by atoms with E-state index in [0.717, 1.165) is 5.75 Å². The highest BCUT2D eigenvalue weighted by atomic mass is 32.2. The molecule has 0 fully saturated rings. The van der Waals surface area contributed by atoms with Crippen molar-refractivity contribution in [3.63, 3.8) is 0 Å². The number of aryl methyl sites for hydroxylation is 1. The van der Waals surface area contributed by atoms with E-state index in [2.05, 4.69) is 41.8 Å². The molecule has 0 heterocycles. The average Bonchev–Trinajstić information content (AvgIpc) is 2.44. The largest absolute Gasteiger partial charge is 0.396 e. The summed E-state index contributed by atoms with van der Waals surface area (Å²) >= 11 is 1.72. The molecule has 0 aliphatic carbocycles. The van der Waals surface area contributed by atoms with Gasteiger partial charge in [-0.1, -0.05) is 24.6 Å². The maximum absolute atomic E-state index is 11.6. The minimum atomic E-state index is -0.178. The van der Waals surface area contributed by atoms with E-state index in [1.807, 2.05) is 13.8 Å². The first-order valence-electron chi connectivity index (χ1n) is 6.87. The van der Waals surface area contributed by atoms with Crippen molar-refractivity contribution < 1.29 is 9.90 Å². The highest BCUT2D eigenvalue weighted by Crippen LogP contribution is 2.17. The Morgan fingerprint density at radius 1 is 1.30 bits per heavy atom. The molecule has 1 aromatic carbocycles. The van der Waals surface area contributed by atoms with E-state index in [-0.39, 0.29) is 24.6 Å². The summed E-state index contributed by atoms with van der Waals surface area (Å²) in [4.78, 5) is 12.8. The summed E-state index contributed by atoms with van der Waals surface area (Å²) in [5, 5.41) is 14.6. The van der Waals surface area contributed by atoms with Crippen LogP contribution in [0, 0.1) is 12.8 Å². The van der Waals surface area contributed by atoms with Gasteiger partial charge in [0.1, 0.15) is 0 Å². The fourth-order valence-corrected chi connectivity index (χ4v) is 2.29. The minimum Gasteiger partial charge on any atom is -0.396 e. The van der Waals surface area contributed by atoms with Crippen LogP contribution in [0.1, 0.15) is 19.4 Å². The summed E-state index contributed by atoms with van der Waals surface area (Å²) < 4.78 is 0. The van der Waals surface area contributed by atoms with Crippen LogP contribution in [-0.4, -0.2) is 36.1 Å². The van der Waals surface area contributed by atoms with Crippen molar-refractivity contribution in [2.24, 2.45) is 5.92 Å². The van der Waals surface area contributed by atoms with Crippen molar-refractivity contribution in [3.8, 4) is 0 Å². The molecule has 1 aromatic rings. The Hall–Kier alpha value is -1.20. The summed E-state index contributed by atoms with van der Waals surface area (Å²) in [5.74, 6) is 0.892. The van der Waals surface area contributed by atoms with Gasteiger partial charge in [-0.25, -0.2) is 4.79 Å². The first kappa shape index (κ1) is 16.9. The highest BCUT2D eigenvalue weighted by Gasteiger charge is 2.13. The van der Waals surface area contributed by atoms with Gasteiger partial charge >= 0.3 is 6.03 Å². The van der Waals surface area contributed by atoms with Crippen molar-refractivity contribution in [1.82, 2.24) is 10.6 Å². The zero-order valence-electron chi connectivity index (χ0n) is 12.3. The summed E-state index contributed by atoms with van der Waals surface area (Å²) in [7, 11) is 0. The van der Waals surface area contributed by atoms with Crippen LogP contribution in [0.2, 0.25) is 0 Å². The molecular weight excluding hydrogens is 272 g/mol. The van der Waals surface area contributed by atoms with Gasteiger partial charge in [-0.3, -0.25) is 0 Å². The number of carbonyl (C=O) groups is 1. The Kier molecular flexibility index (Phi) is 7.47. The van der Waals surface area contributed by atoms with Crippen molar-refractivity contribution >= 4 is 17.8 Å². The molecule has 0 saturated carbocycles. The van der Waals surface area contributed by atoms with Crippen LogP contribution < -0.4 is 10.6 Å². The average molecular weight is 296 g/mol. The van der Waals surface area contributed by atoms with Crippen molar-refractivity contribution in [3.05, 3.63) is 29.8 Å². The Labute approximate surface area is 125 Å². The van der Waals surface area contributed by atoms with Crippen LogP contribution in [0.5, 0.6) is 0 Å². The van der Waals surface area contributed by atoms with Crippen LogP contribution in [0.4, 0.5) is 4.79 Å². The minimum absolute atomic E-state index is 0.0373. The molecule has 3 N–H and O–H groups in total. The fraction of sp³-hybridized carbons (Fsp3) is 0.533. The Morgan fingerprint density at radius 2 is 1.95 bits per heavy atom. The summed E-state index contributed by atoms with van der Waals surface area (Å²) in [6, 6.07) is 8.13. The molecule has 1 rings (SSSR count). The van der Waals surface area contributed by atoms with Crippen molar-refractivity contribution in [2.75, 3.05) is 18.9 Å². The molecule has 0 spiro atoms. The van der Waals surface area contributed by atoms with Crippen LogP contribution in [0.25, 0.3) is 0 Å². The Bertz CT molecular complexity index is 409. The molecular formula is C15H24N2O2S. The summed E-state index contributed by atoms with van der Waals surface area (Å²) in [5.41, 5.74) is 1.25. The number of urea groups is 1. The lowest BCUT2D eigenvalue weighted by Gasteiger charge is -2.19. The third-order valence-electron chi connectivity index (χ3n) is 3.18. The SMILES string of the molecule is Cc1ccc(SCCNC(=O)NC(C)C(C)CO)cc1. The summed E-state index contributed by atoms with van der Waals surface area (Å²) in [6.45, 7) is 6.55. The van der Waals surface area contributed by atoms with Crippen LogP contribution >= 0.6 is 11.8 Å². The van der Waals surface area contributed by atoms with Gasteiger partial charge in [0.05, 0.1) is 0 Å². The second kappa shape index (κ2) is 8.87. The Morgan fingerprint density at radius 3 is 2.55 bits per heavy atom. The predicted octanol–water partition coefficient (Wildman–Crippen LogP) is 2.40. The number of aliphatic hydroxyl groups is 1. The van der Waals surface area contributed by atoms with Crippen LogP contribution in [0.15, 0.2) is 29.2 Å².